The lowest BCUT2D eigenvalue weighted by atomic mass is 10.0. The maximum atomic E-state index is 11.1. The number of alkyl halides is 1. The van der Waals surface area contributed by atoms with Crippen LogP contribution in [0, 0.1) is 0 Å². The van der Waals surface area contributed by atoms with Crippen LogP contribution in [0.3, 0.4) is 0 Å². The summed E-state index contributed by atoms with van der Waals surface area (Å²) in [4.78, 5) is 11.1. The van der Waals surface area contributed by atoms with Crippen molar-refractivity contribution in [3.63, 3.8) is 0 Å². The Kier molecular flexibility index (Phi) is 1.46. The van der Waals surface area contributed by atoms with Gasteiger partial charge >= 0.3 is 0 Å². The average Bonchev–Trinajstić information content (AvgIpc) is 2.29. The first-order valence-electron chi connectivity index (χ1n) is 3.70. The Morgan fingerprint density at radius 1 is 1.50 bits per heavy atom. The summed E-state index contributed by atoms with van der Waals surface area (Å²) in [6, 6.07) is 0.709. The molecule has 3 unspecified atom stereocenters. The fraction of sp³-hybridized carbons (Fsp3) is 0.857. The lowest BCUT2D eigenvalue weighted by molar-refractivity contribution is -0.120. The highest BCUT2D eigenvalue weighted by Gasteiger charge is 2.39. The molecule has 0 radical (unpaired) electrons. The van der Waals surface area contributed by atoms with Crippen molar-refractivity contribution in [2.45, 2.75) is 36.7 Å². The first-order chi connectivity index (χ1) is 4.77. The lowest BCUT2D eigenvalue weighted by Gasteiger charge is -2.23. The predicted molar refractivity (Wildman–Crippen MR) is 39.2 cm³/mol. The molecular weight excluding hydrogens is 150 g/mol. The second kappa shape index (κ2) is 2.21. The zero-order valence-corrected chi connectivity index (χ0v) is 6.40. The number of Topliss-reactive ketones (excluding diaryl/α,β-unsaturated/α-hetero) is 1. The van der Waals surface area contributed by atoms with Crippen molar-refractivity contribution in [2.75, 3.05) is 0 Å². The van der Waals surface area contributed by atoms with Crippen LogP contribution >= 0.6 is 11.6 Å². The standard InChI is InChI=1S/C7H10ClNO/c8-7-5-2-1-4(9-5)3-6(7)10/h4-5,7,9H,1-3H2. The maximum absolute atomic E-state index is 11.1. The molecule has 2 rings (SSSR count). The Bertz CT molecular complexity index is 171. The van der Waals surface area contributed by atoms with Gasteiger partial charge in [-0.15, -0.1) is 11.6 Å². The molecule has 2 saturated heterocycles. The normalized spacial score (nSPS) is 46.1. The zero-order valence-electron chi connectivity index (χ0n) is 5.64. The van der Waals surface area contributed by atoms with Crippen molar-refractivity contribution in [3.05, 3.63) is 0 Å². The van der Waals surface area contributed by atoms with Crippen LogP contribution in [-0.2, 0) is 4.79 Å². The molecule has 0 spiro atoms. The van der Waals surface area contributed by atoms with Crippen LogP contribution in [0.15, 0.2) is 0 Å². The fourth-order valence-electron chi connectivity index (χ4n) is 1.82. The maximum Gasteiger partial charge on any atom is 0.153 e. The topological polar surface area (TPSA) is 29.1 Å². The Hall–Kier alpha value is -0.0800. The van der Waals surface area contributed by atoms with Gasteiger partial charge in [0.25, 0.3) is 0 Å². The van der Waals surface area contributed by atoms with E-state index in [2.05, 4.69) is 5.32 Å². The predicted octanol–water partition coefficient (Wildman–Crippen LogP) is 0.687. The molecule has 2 heterocycles. The highest BCUT2D eigenvalue weighted by Crippen LogP contribution is 2.27. The van der Waals surface area contributed by atoms with E-state index in [9.17, 15) is 4.79 Å². The van der Waals surface area contributed by atoms with Gasteiger partial charge in [0.2, 0.25) is 0 Å². The molecule has 0 aromatic rings. The number of nitrogens with one attached hydrogen (secondary N) is 1. The van der Waals surface area contributed by atoms with E-state index >= 15 is 0 Å². The molecule has 3 atom stereocenters. The second-order valence-electron chi connectivity index (χ2n) is 3.12. The van der Waals surface area contributed by atoms with E-state index in [0.717, 1.165) is 12.8 Å². The van der Waals surface area contributed by atoms with Crippen LogP contribution in [0.1, 0.15) is 19.3 Å². The van der Waals surface area contributed by atoms with E-state index in [1.807, 2.05) is 0 Å². The van der Waals surface area contributed by atoms with Gasteiger partial charge in [0.15, 0.2) is 5.78 Å². The molecule has 2 nitrogen and oxygen atoms in total. The molecule has 2 aliphatic rings. The minimum absolute atomic E-state index is 0.230. The molecule has 0 aromatic heterocycles. The summed E-state index contributed by atoms with van der Waals surface area (Å²) in [7, 11) is 0. The molecular formula is C7H10ClNO. The van der Waals surface area contributed by atoms with Crippen molar-refractivity contribution < 1.29 is 4.79 Å². The van der Waals surface area contributed by atoms with Gasteiger partial charge < -0.3 is 5.32 Å². The van der Waals surface area contributed by atoms with E-state index in [0.29, 0.717) is 12.5 Å². The smallest absolute Gasteiger partial charge is 0.153 e. The number of rotatable bonds is 0. The Morgan fingerprint density at radius 3 is 3.10 bits per heavy atom. The largest absolute Gasteiger partial charge is 0.309 e. The second-order valence-corrected chi connectivity index (χ2v) is 3.59. The summed E-state index contributed by atoms with van der Waals surface area (Å²) in [5, 5.41) is 3.07. The monoisotopic (exact) mass is 159 g/mol. The van der Waals surface area contributed by atoms with Crippen molar-refractivity contribution >= 4 is 17.4 Å². The molecule has 0 aromatic carbocycles. The Labute approximate surface area is 64.9 Å². The molecule has 10 heavy (non-hydrogen) atoms. The van der Waals surface area contributed by atoms with Gasteiger partial charge in [-0.05, 0) is 12.8 Å². The van der Waals surface area contributed by atoms with Crippen molar-refractivity contribution in [2.24, 2.45) is 0 Å². The Balaban J connectivity index is 2.17. The third-order valence-corrected chi connectivity index (χ3v) is 2.93. The van der Waals surface area contributed by atoms with Gasteiger partial charge in [-0.3, -0.25) is 4.79 Å². The van der Waals surface area contributed by atoms with Crippen LogP contribution in [0.25, 0.3) is 0 Å². The van der Waals surface area contributed by atoms with Crippen molar-refractivity contribution in [1.82, 2.24) is 5.32 Å². The average molecular weight is 160 g/mol. The van der Waals surface area contributed by atoms with Gasteiger partial charge in [-0.2, -0.15) is 0 Å². The van der Waals surface area contributed by atoms with Crippen LogP contribution in [0.2, 0.25) is 0 Å². The van der Waals surface area contributed by atoms with Gasteiger partial charge in [0.05, 0.1) is 0 Å². The van der Waals surface area contributed by atoms with Crippen LogP contribution in [0.4, 0.5) is 0 Å². The summed E-state index contributed by atoms with van der Waals surface area (Å²) in [5.74, 6) is 0.230. The quantitative estimate of drug-likeness (QED) is 0.527. The molecule has 0 amide bonds. The number of fused-ring (bicyclic) bond motifs is 2. The highest BCUT2D eigenvalue weighted by atomic mass is 35.5. The van der Waals surface area contributed by atoms with E-state index in [4.69, 9.17) is 11.6 Å². The van der Waals surface area contributed by atoms with Gasteiger partial charge in [0, 0.05) is 18.5 Å². The molecule has 0 aliphatic carbocycles. The van der Waals surface area contributed by atoms with Crippen molar-refractivity contribution in [3.8, 4) is 0 Å². The first-order valence-corrected chi connectivity index (χ1v) is 4.14. The number of carbonyl (C=O) groups excluding carboxylic acids is 1. The van der Waals surface area contributed by atoms with E-state index in [1.54, 1.807) is 0 Å². The summed E-state index contributed by atoms with van der Waals surface area (Å²) in [6.45, 7) is 0. The summed E-state index contributed by atoms with van der Waals surface area (Å²) >= 11 is 5.85. The van der Waals surface area contributed by atoms with Gasteiger partial charge in [0.1, 0.15) is 5.38 Å². The van der Waals surface area contributed by atoms with Crippen LogP contribution in [-0.4, -0.2) is 23.2 Å². The molecule has 0 saturated carbocycles. The van der Waals surface area contributed by atoms with E-state index in [-0.39, 0.29) is 17.2 Å². The number of halogens is 1. The minimum Gasteiger partial charge on any atom is -0.309 e. The third-order valence-electron chi connectivity index (χ3n) is 2.38. The lowest BCUT2D eigenvalue weighted by Crippen LogP contribution is -2.46. The fourth-order valence-corrected chi connectivity index (χ4v) is 2.11. The number of hydrogen-bond donors (Lipinski definition) is 1. The molecule has 2 aliphatic heterocycles. The summed E-state index contributed by atoms with van der Waals surface area (Å²) in [6.07, 6.45) is 2.84. The van der Waals surface area contributed by atoms with E-state index < -0.39 is 0 Å². The Morgan fingerprint density at radius 2 is 2.30 bits per heavy atom. The molecule has 3 heteroatoms. The number of ketones is 1. The van der Waals surface area contributed by atoms with Crippen LogP contribution < -0.4 is 5.32 Å². The molecule has 1 N–H and O–H groups in total. The molecule has 2 bridgehead atoms. The first kappa shape index (κ1) is 6.62. The molecule has 2 fully saturated rings. The van der Waals surface area contributed by atoms with Gasteiger partial charge in [-0.25, -0.2) is 0 Å². The third kappa shape index (κ3) is 0.867. The van der Waals surface area contributed by atoms with E-state index in [1.165, 1.54) is 0 Å². The summed E-state index contributed by atoms with van der Waals surface area (Å²) < 4.78 is 0. The van der Waals surface area contributed by atoms with Crippen molar-refractivity contribution in [1.29, 1.82) is 0 Å². The molecule has 56 valence electrons. The minimum atomic E-state index is -0.251. The SMILES string of the molecule is O=C1CC2CCC(N2)C1Cl. The van der Waals surface area contributed by atoms with Crippen LogP contribution in [0.5, 0.6) is 0 Å². The highest BCUT2D eigenvalue weighted by molar-refractivity contribution is 6.32. The number of hydrogen-bond acceptors (Lipinski definition) is 2. The number of carbonyl (C=O) groups is 1. The zero-order chi connectivity index (χ0) is 7.14. The summed E-state index contributed by atoms with van der Waals surface area (Å²) in [5.41, 5.74) is 0. The van der Waals surface area contributed by atoms with Gasteiger partial charge in [-0.1, -0.05) is 0 Å². The number of piperidine rings is 1.